The van der Waals surface area contributed by atoms with E-state index in [0.717, 1.165) is 0 Å². The van der Waals surface area contributed by atoms with Gasteiger partial charge in [-0.15, -0.1) is 10.2 Å². The summed E-state index contributed by atoms with van der Waals surface area (Å²) in [6.45, 7) is 7.73. The number of hydrogen-bond acceptors (Lipinski definition) is 6. The Kier molecular flexibility index (Phi) is 5.10. The minimum Gasteiger partial charge on any atom is -0.478 e. The molecule has 2 aromatic rings. The first-order chi connectivity index (χ1) is 13.6. The van der Waals surface area contributed by atoms with Crippen LogP contribution in [-0.2, 0) is 10.3 Å². The summed E-state index contributed by atoms with van der Waals surface area (Å²) in [5.74, 6) is -0.170. The Balaban J connectivity index is 1.76. The molecule has 1 aliphatic rings. The maximum absolute atomic E-state index is 12.5. The largest absolute Gasteiger partial charge is 0.478 e. The molecule has 2 amide bonds. The zero-order chi connectivity index (χ0) is 21.2. The Morgan fingerprint density at radius 1 is 1.28 bits per heavy atom. The van der Waals surface area contributed by atoms with Crippen LogP contribution in [0, 0.1) is 0 Å². The average molecular weight is 397 g/mol. The van der Waals surface area contributed by atoms with Crippen LogP contribution in [0.3, 0.4) is 0 Å². The Labute approximate surface area is 167 Å². The predicted molar refractivity (Wildman–Crippen MR) is 107 cm³/mol. The summed E-state index contributed by atoms with van der Waals surface area (Å²) in [5, 5.41) is 25.5. The molecule has 0 spiro atoms. The van der Waals surface area contributed by atoms with Crippen LogP contribution in [0.4, 0.5) is 10.6 Å². The van der Waals surface area contributed by atoms with Gasteiger partial charge >= 0.3 is 12.0 Å². The number of rotatable bonds is 4. The Bertz CT molecular complexity index is 1000. The van der Waals surface area contributed by atoms with Gasteiger partial charge in [0, 0.05) is 5.54 Å². The highest BCUT2D eigenvalue weighted by Crippen LogP contribution is 2.23. The number of aliphatic carboxylic acids is 1. The number of amides is 2. The molecule has 3 heterocycles. The minimum atomic E-state index is -1.08. The van der Waals surface area contributed by atoms with Crippen LogP contribution in [-0.4, -0.2) is 42.5 Å². The lowest BCUT2D eigenvalue weighted by atomic mass is 10.1. The first-order valence-electron chi connectivity index (χ1n) is 8.95. The highest BCUT2D eigenvalue weighted by molar-refractivity contribution is 5.92. The molecule has 0 saturated carbocycles. The van der Waals surface area contributed by atoms with Gasteiger partial charge < -0.3 is 20.3 Å². The van der Waals surface area contributed by atoms with E-state index in [9.17, 15) is 9.59 Å². The van der Waals surface area contributed by atoms with Crippen LogP contribution in [0.2, 0.25) is 0 Å². The fraction of sp³-hybridized carbons (Fsp3) is 0.316. The third kappa shape index (κ3) is 4.60. The molecule has 0 bridgehead atoms. The molecule has 1 aliphatic heterocycles. The molecule has 2 aromatic heterocycles. The number of pyridine rings is 1. The molecule has 10 nitrogen and oxygen atoms in total. The lowest BCUT2D eigenvalue weighted by Crippen LogP contribution is -2.55. The zero-order valence-electron chi connectivity index (χ0n) is 16.6. The number of urea groups is 1. The lowest BCUT2D eigenvalue weighted by Gasteiger charge is -2.30. The quantitative estimate of drug-likeness (QED) is 0.620. The summed E-state index contributed by atoms with van der Waals surface area (Å²) < 4.78 is 1.90. The van der Waals surface area contributed by atoms with Gasteiger partial charge in [-0.05, 0) is 58.2 Å². The summed E-state index contributed by atoms with van der Waals surface area (Å²) in [4.78, 5) is 28.1. The number of anilines is 1. The fourth-order valence-electron chi connectivity index (χ4n) is 2.82. The molecule has 0 radical (unpaired) electrons. The van der Waals surface area contributed by atoms with E-state index in [1.807, 2.05) is 25.3 Å². The smallest absolute Gasteiger partial charge is 0.335 e. The summed E-state index contributed by atoms with van der Waals surface area (Å²) in [6.07, 6.45) is 5.95. The first kappa shape index (κ1) is 20.1. The van der Waals surface area contributed by atoms with Gasteiger partial charge in [-0.2, -0.15) is 0 Å². The molecule has 0 aromatic carbocycles. The van der Waals surface area contributed by atoms with Crippen molar-refractivity contribution in [3.05, 3.63) is 48.5 Å². The molecule has 10 heteroatoms. The maximum atomic E-state index is 12.5. The predicted octanol–water partition coefficient (Wildman–Crippen LogP) is 2.06. The van der Waals surface area contributed by atoms with Gasteiger partial charge in [0.1, 0.15) is 23.5 Å². The molecule has 1 unspecified atom stereocenters. The molecule has 0 fully saturated rings. The van der Waals surface area contributed by atoms with Crippen LogP contribution in [0.25, 0.3) is 11.5 Å². The second-order valence-electron chi connectivity index (χ2n) is 7.77. The van der Waals surface area contributed by atoms with Gasteiger partial charge in [0.15, 0.2) is 5.82 Å². The SMILES string of the molecule is CC1(NC(=O)Nc2cccc(-c3nncn3C(C)(C)C)n2)C=C(C(=O)O)C=CN1. The van der Waals surface area contributed by atoms with E-state index >= 15 is 0 Å². The number of aromatic nitrogens is 4. The number of carbonyl (C=O) groups is 2. The molecule has 4 N–H and O–H groups in total. The molecular formula is C19H23N7O3. The van der Waals surface area contributed by atoms with Crippen molar-refractivity contribution in [2.75, 3.05) is 5.32 Å². The number of carboxylic acid groups (broad SMARTS) is 1. The van der Waals surface area contributed by atoms with Crippen molar-refractivity contribution < 1.29 is 14.7 Å². The lowest BCUT2D eigenvalue weighted by molar-refractivity contribution is -0.132. The van der Waals surface area contributed by atoms with E-state index in [1.165, 1.54) is 18.4 Å². The summed E-state index contributed by atoms with van der Waals surface area (Å²) in [6, 6.07) is 4.64. The zero-order valence-corrected chi connectivity index (χ0v) is 16.6. The molecule has 0 saturated heterocycles. The topological polar surface area (TPSA) is 134 Å². The molecule has 0 aliphatic carbocycles. The molecule has 29 heavy (non-hydrogen) atoms. The first-order valence-corrected chi connectivity index (χ1v) is 8.95. The van der Waals surface area contributed by atoms with Crippen molar-refractivity contribution in [2.45, 2.75) is 38.9 Å². The second kappa shape index (κ2) is 7.38. The Morgan fingerprint density at radius 2 is 2.03 bits per heavy atom. The van der Waals surface area contributed by atoms with E-state index in [4.69, 9.17) is 5.11 Å². The van der Waals surface area contributed by atoms with Crippen molar-refractivity contribution in [3.63, 3.8) is 0 Å². The standard InChI is InChI=1S/C19H23N7O3/c1-18(2,3)26-11-21-25-15(26)13-6-5-7-14(22-13)23-17(29)24-19(4)10-12(16(27)28)8-9-20-19/h5-11,20H,1-4H3,(H,27,28)(H2,22,23,24,29). The average Bonchev–Trinajstić information content (AvgIpc) is 3.11. The maximum Gasteiger partial charge on any atom is 0.335 e. The Hall–Kier alpha value is -3.69. The van der Waals surface area contributed by atoms with Gasteiger partial charge in [0.25, 0.3) is 0 Å². The van der Waals surface area contributed by atoms with E-state index in [-0.39, 0.29) is 11.1 Å². The summed E-state index contributed by atoms with van der Waals surface area (Å²) in [5.41, 5.74) is -0.651. The van der Waals surface area contributed by atoms with E-state index < -0.39 is 17.7 Å². The van der Waals surface area contributed by atoms with Crippen LogP contribution in [0.15, 0.2) is 48.5 Å². The number of hydrogen-bond donors (Lipinski definition) is 4. The van der Waals surface area contributed by atoms with E-state index in [1.54, 1.807) is 31.5 Å². The van der Waals surface area contributed by atoms with E-state index in [2.05, 4.69) is 31.1 Å². The highest BCUT2D eigenvalue weighted by atomic mass is 16.4. The fourth-order valence-corrected chi connectivity index (χ4v) is 2.82. The van der Waals surface area contributed by atoms with Crippen LogP contribution in [0.5, 0.6) is 0 Å². The van der Waals surface area contributed by atoms with Crippen molar-refractivity contribution in [1.82, 2.24) is 30.4 Å². The normalized spacial score (nSPS) is 18.6. The van der Waals surface area contributed by atoms with Crippen molar-refractivity contribution in [1.29, 1.82) is 0 Å². The van der Waals surface area contributed by atoms with Gasteiger partial charge in [-0.25, -0.2) is 14.6 Å². The van der Waals surface area contributed by atoms with Crippen LogP contribution in [0.1, 0.15) is 27.7 Å². The number of carbonyl (C=O) groups excluding carboxylic acids is 1. The van der Waals surface area contributed by atoms with Gasteiger partial charge in [0.2, 0.25) is 0 Å². The van der Waals surface area contributed by atoms with Gasteiger partial charge in [-0.1, -0.05) is 6.07 Å². The molecule has 152 valence electrons. The Morgan fingerprint density at radius 3 is 2.72 bits per heavy atom. The number of dihydropyridines is 1. The summed E-state index contributed by atoms with van der Waals surface area (Å²) in [7, 11) is 0. The third-order valence-electron chi connectivity index (χ3n) is 4.20. The summed E-state index contributed by atoms with van der Waals surface area (Å²) >= 11 is 0. The third-order valence-corrected chi connectivity index (χ3v) is 4.20. The number of nitrogens with zero attached hydrogens (tertiary/aromatic N) is 4. The number of carboxylic acids is 1. The number of nitrogens with one attached hydrogen (secondary N) is 3. The van der Waals surface area contributed by atoms with E-state index in [0.29, 0.717) is 17.3 Å². The molecule has 3 rings (SSSR count). The van der Waals surface area contributed by atoms with Gasteiger partial charge in [0.05, 0.1) is 5.57 Å². The van der Waals surface area contributed by atoms with Crippen molar-refractivity contribution in [3.8, 4) is 11.5 Å². The van der Waals surface area contributed by atoms with Gasteiger partial charge in [-0.3, -0.25) is 5.32 Å². The second-order valence-corrected chi connectivity index (χ2v) is 7.77. The monoisotopic (exact) mass is 397 g/mol. The van der Waals surface area contributed by atoms with Crippen LogP contribution < -0.4 is 16.0 Å². The molecule has 1 atom stereocenters. The minimum absolute atomic E-state index is 0.0770. The van der Waals surface area contributed by atoms with Crippen LogP contribution >= 0.6 is 0 Å². The highest BCUT2D eigenvalue weighted by Gasteiger charge is 2.27. The van der Waals surface area contributed by atoms with Crippen molar-refractivity contribution in [2.24, 2.45) is 0 Å². The van der Waals surface area contributed by atoms with Crippen molar-refractivity contribution >= 4 is 17.8 Å². The molecular weight excluding hydrogens is 374 g/mol.